The lowest BCUT2D eigenvalue weighted by Crippen LogP contribution is -2.49. The molecule has 0 saturated heterocycles. The fraction of sp³-hybridized carbons (Fsp3) is 0.600. The maximum Gasteiger partial charge on any atom is 0.270 e. The van der Waals surface area contributed by atoms with Crippen molar-refractivity contribution in [3.8, 4) is 0 Å². The number of ether oxygens (including phenoxy) is 1. The van der Waals surface area contributed by atoms with Crippen molar-refractivity contribution in [3.05, 3.63) is 24.0 Å². The van der Waals surface area contributed by atoms with Crippen LogP contribution < -0.4 is 10.6 Å². The summed E-state index contributed by atoms with van der Waals surface area (Å²) in [5, 5.41) is 6.17. The first-order valence-corrected chi connectivity index (χ1v) is 7.22. The van der Waals surface area contributed by atoms with Crippen LogP contribution in [0.4, 0.5) is 5.69 Å². The van der Waals surface area contributed by atoms with Crippen molar-refractivity contribution in [3.63, 3.8) is 0 Å². The van der Waals surface area contributed by atoms with Crippen LogP contribution in [0.15, 0.2) is 18.3 Å². The number of methoxy groups -OCH3 is 1. The highest BCUT2D eigenvalue weighted by Gasteiger charge is 2.37. The van der Waals surface area contributed by atoms with Gasteiger partial charge in [-0.25, -0.2) is 0 Å². The van der Waals surface area contributed by atoms with Gasteiger partial charge in [-0.1, -0.05) is 6.92 Å². The van der Waals surface area contributed by atoms with Crippen LogP contribution in [0.5, 0.6) is 0 Å². The van der Waals surface area contributed by atoms with E-state index in [1.165, 1.54) is 6.42 Å². The van der Waals surface area contributed by atoms with E-state index in [0.29, 0.717) is 12.2 Å². The Bertz CT molecular complexity index is 453. The third kappa shape index (κ3) is 3.48. The summed E-state index contributed by atoms with van der Waals surface area (Å²) < 4.78 is 5.49. The summed E-state index contributed by atoms with van der Waals surface area (Å²) >= 11 is 0. The summed E-state index contributed by atoms with van der Waals surface area (Å²) in [6.45, 7) is 3.54. The van der Waals surface area contributed by atoms with E-state index in [-0.39, 0.29) is 11.5 Å². The highest BCUT2D eigenvalue weighted by Crippen LogP contribution is 2.34. The molecule has 1 aromatic heterocycles. The molecule has 1 aliphatic carbocycles. The summed E-state index contributed by atoms with van der Waals surface area (Å²) in [6.07, 6.45) is 5.88. The van der Waals surface area contributed by atoms with Crippen LogP contribution in [0.3, 0.4) is 0 Å². The lowest BCUT2D eigenvalue weighted by molar-refractivity contribution is -0.0679. The molecule has 0 atom stereocenters. The highest BCUT2D eigenvalue weighted by atomic mass is 16.5. The molecule has 1 heterocycles. The number of aromatic nitrogens is 1. The first kappa shape index (κ1) is 14.8. The molecule has 5 heteroatoms. The normalized spacial score (nSPS) is 16.3. The minimum Gasteiger partial charge on any atom is -0.385 e. The van der Waals surface area contributed by atoms with E-state index < -0.39 is 0 Å². The first-order valence-electron chi connectivity index (χ1n) is 7.22. The first-order chi connectivity index (χ1) is 9.69. The maximum absolute atomic E-state index is 12.1. The van der Waals surface area contributed by atoms with Gasteiger partial charge in [-0.3, -0.25) is 9.78 Å². The number of nitrogens with one attached hydrogen (secondary N) is 2. The molecule has 2 N–H and O–H groups in total. The second-order valence-electron chi connectivity index (χ2n) is 5.28. The smallest absolute Gasteiger partial charge is 0.270 e. The Balaban J connectivity index is 1.91. The summed E-state index contributed by atoms with van der Waals surface area (Å²) in [5.41, 5.74) is 1.21. The molecule has 1 fully saturated rings. The third-order valence-corrected chi connectivity index (χ3v) is 3.84. The number of rotatable bonds is 7. The largest absolute Gasteiger partial charge is 0.385 e. The predicted molar refractivity (Wildman–Crippen MR) is 78.9 cm³/mol. The van der Waals surface area contributed by atoms with E-state index in [9.17, 15) is 4.79 Å². The molecule has 110 valence electrons. The molecule has 0 aromatic carbocycles. The van der Waals surface area contributed by atoms with Gasteiger partial charge in [0.05, 0.1) is 5.60 Å². The van der Waals surface area contributed by atoms with E-state index in [1.54, 1.807) is 19.4 Å². The van der Waals surface area contributed by atoms with Crippen molar-refractivity contribution in [2.75, 3.05) is 25.5 Å². The van der Waals surface area contributed by atoms with E-state index in [1.807, 2.05) is 6.07 Å². The Kier molecular flexibility index (Phi) is 4.95. The molecule has 1 aliphatic rings. The van der Waals surface area contributed by atoms with Crippen molar-refractivity contribution in [2.24, 2.45) is 0 Å². The molecule has 0 radical (unpaired) electrons. The van der Waals surface area contributed by atoms with Crippen molar-refractivity contribution >= 4 is 11.6 Å². The Morgan fingerprint density at radius 2 is 2.30 bits per heavy atom. The van der Waals surface area contributed by atoms with Crippen molar-refractivity contribution in [1.82, 2.24) is 10.3 Å². The summed E-state index contributed by atoms with van der Waals surface area (Å²) in [4.78, 5) is 16.2. The molecule has 1 aromatic rings. The zero-order valence-corrected chi connectivity index (χ0v) is 12.2. The molecule has 1 amide bonds. The number of amides is 1. The van der Waals surface area contributed by atoms with Crippen LogP contribution in [0, 0.1) is 0 Å². The lowest BCUT2D eigenvalue weighted by Gasteiger charge is -2.40. The molecule has 0 spiro atoms. The highest BCUT2D eigenvalue weighted by molar-refractivity contribution is 5.93. The molecule has 5 nitrogen and oxygen atoms in total. The van der Waals surface area contributed by atoms with Crippen LogP contribution in [0.2, 0.25) is 0 Å². The predicted octanol–water partition coefficient (Wildman–Crippen LogP) is 2.20. The second-order valence-corrected chi connectivity index (χ2v) is 5.28. The Morgan fingerprint density at radius 1 is 1.50 bits per heavy atom. The van der Waals surface area contributed by atoms with Crippen molar-refractivity contribution in [1.29, 1.82) is 0 Å². The van der Waals surface area contributed by atoms with Gasteiger partial charge in [0.1, 0.15) is 5.69 Å². The quantitative estimate of drug-likeness (QED) is 0.802. The second kappa shape index (κ2) is 6.70. The van der Waals surface area contributed by atoms with Gasteiger partial charge in [0.2, 0.25) is 0 Å². The average molecular weight is 277 g/mol. The van der Waals surface area contributed by atoms with Crippen molar-refractivity contribution in [2.45, 2.75) is 38.2 Å². The monoisotopic (exact) mass is 277 g/mol. The number of hydrogen-bond donors (Lipinski definition) is 2. The minimum absolute atomic E-state index is 0.145. The number of pyridine rings is 1. The summed E-state index contributed by atoms with van der Waals surface area (Å²) in [5.74, 6) is -0.145. The topological polar surface area (TPSA) is 63.2 Å². The molecule has 20 heavy (non-hydrogen) atoms. The fourth-order valence-corrected chi connectivity index (χ4v) is 2.29. The van der Waals surface area contributed by atoms with Crippen LogP contribution in [-0.2, 0) is 4.74 Å². The molecule has 1 saturated carbocycles. The van der Waals surface area contributed by atoms with Crippen LogP contribution in [0.25, 0.3) is 0 Å². The Morgan fingerprint density at radius 3 is 2.90 bits per heavy atom. The van der Waals surface area contributed by atoms with E-state index in [4.69, 9.17) is 4.74 Å². The number of anilines is 1. The van der Waals surface area contributed by atoms with E-state index in [2.05, 4.69) is 22.5 Å². The maximum atomic E-state index is 12.1. The summed E-state index contributed by atoms with van der Waals surface area (Å²) in [7, 11) is 1.71. The standard InChI is InChI=1S/C15H23N3O2/c1-3-8-16-12-5-9-17-13(10-12)14(19)18-11-15(20-2)6-4-7-15/h5,9-10H,3-4,6-8,11H2,1-2H3,(H,16,17)(H,18,19). The molecule has 0 unspecified atom stereocenters. The minimum atomic E-state index is -0.159. The molecule has 2 rings (SSSR count). The van der Waals surface area contributed by atoms with E-state index in [0.717, 1.165) is 31.5 Å². The van der Waals surface area contributed by atoms with Crippen LogP contribution in [0.1, 0.15) is 43.1 Å². The van der Waals surface area contributed by atoms with Crippen LogP contribution >= 0.6 is 0 Å². The number of carbonyl (C=O) groups is 1. The average Bonchev–Trinajstić information content (AvgIpc) is 2.44. The zero-order chi connectivity index (χ0) is 14.4. The van der Waals surface area contributed by atoms with Gasteiger partial charge in [0.15, 0.2) is 0 Å². The van der Waals surface area contributed by atoms with Gasteiger partial charge in [0.25, 0.3) is 5.91 Å². The fourth-order valence-electron chi connectivity index (χ4n) is 2.29. The van der Waals surface area contributed by atoms with Gasteiger partial charge in [-0.2, -0.15) is 0 Å². The van der Waals surface area contributed by atoms with E-state index >= 15 is 0 Å². The van der Waals surface area contributed by atoms with Crippen LogP contribution in [-0.4, -0.2) is 36.7 Å². The Labute approximate surface area is 120 Å². The van der Waals surface area contributed by atoms with Gasteiger partial charge in [-0.05, 0) is 37.8 Å². The zero-order valence-electron chi connectivity index (χ0n) is 12.2. The number of nitrogens with zero attached hydrogens (tertiary/aromatic N) is 1. The number of carbonyl (C=O) groups excluding carboxylic acids is 1. The van der Waals surface area contributed by atoms with Gasteiger partial charge < -0.3 is 15.4 Å². The molecule has 0 bridgehead atoms. The molecular formula is C15H23N3O2. The number of hydrogen-bond acceptors (Lipinski definition) is 4. The molecule has 0 aliphatic heterocycles. The van der Waals surface area contributed by atoms with Crippen molar-refractivity contribution < 1.29 is 9.53 Å². The summed E-state index contributed by atoms with van der Waals surface area (Å²) in [6, 6.07) is 3.65. The molecular weight excluding hydrogens is 254 g/mol. The third-order valence-electron chi connectivity index (χ3n) is 3.84. The Hall–Kier alpha value is -1.62. The van der Waals surface area contributed by atoms with Gasteiger partial charge in [-0.15, -0.1) is 0 Å². The lowest BCUT2D eigenvalue weighted by atomic mass is 9.80. The van der Waals surface area contributed by atoms with Gasteiger partial charge >= 0.3 is 0 Å². The SMILES string of the molecule is CCCNc1ccnc(C(=O)NCC2(OC)CCC2)c1. The van der Waals surface area contributed by atoms with Gasteiger partial charge in [0, 0.05) is 32.1 Å².